The number of primary amides is 1. The molecule has 26 heavy (non-hydrogen) atoms. The minimum absolute atomic E-state index is 0.174. The van der Waals surface area contributed by atoms with E-state index in [1.165, 1.54) is 16.4 Å². The first kappa shape index (κ1) is 20.9. The van der Waals surface area contributed by atoms with Gasteiger partial charge in [-0.2, -0.15) is 5.10 Å². The summed E-state index contributed by atoms with van der Waals surface area (Å²) < 4.78 is 14.1. The molecule has 1 fully saturated rings. The summed E-state index contributed by atoms with van der Waals surface area (Å²) in [6.45, 7) is 9.55. The lowest BCUT2D eigenvalue weighted by molar-refractivity contribution is -0.119. The highest BCUT2D eigenvalue weighted by Crippen LogP contribution is 2.29. The number of hydrogen-bond donors (Lipinski definition) is 1. The van der Waals surface area contributed by atoms with Crippen LogP contribution in [-0.2, 0) is 11.2 Å². The number of aryl methyl sites for hydroxylation is 1. The molecule has 1 aliphatic heterocycles. The quantitative estimate of drug-likeness (QED) is 0.703. The number of nitrogens with two attached hydrogens (primary N) is 1. The third kappa shape index (κ3) is 5.54. The molecule has 0 radical (unpaired) electrons. The van der Waals surface area contributed by atoms with Crippen LogP contribution in [0.3, 0.4) is 0 Å². The van der Waals surface area contributed by atoms with E-state index in [1.807, 2.05) is 11.8 Å². The standard InChI is InChI=1S/C18H29FN4O2S/c1-11(2)7-13(4)26-18(16(20)24)23-17(25)12(3)8-15(21-23)5-6-22-9-14(19)10-22/h8,11,13-14,18H,5-7,9-10H2,1-4H3,(H2,20,24). The number of halogens is 1. The van der Waals surface area contributed by atoms with Gasteiger partial charge in [-0.25, -0.2) is 9.07 Å². The highest BCUT2D eigenvalue weighted by molar-refractivity contribution is 8.00. The Kier molecular flexibility index (Phi) is 7.23. The van der Waals surface area contributed by atoms with Gasteiger partial charge in [0.05, 0.1) is 5.69 Å². The number of alkyl halides is 1. The topological polar surface area (TPSA) is 81.2 Å². The van der Waals surface area contributed by atoms with E-state index in [4.69, 9.17) is 5.73 Å². The number of rotatable bonds is 9. The average Bonchev–Trinajstić information content (AvgIpc) is 2.50. The monoisotopic (exact) mass is 384 g/mol. The van der Waals surface area contributed by atoms with Crippen LogP contribution in [0, 0.1) is 12.8 Å². The molecular weight excluding hydrogens is 355 g/mol. The van der Waals surface area contributed by atoms with Crippen LogP contribution in [0.5, 0.6) is 0 Å². The Morgan fingerprint density at radius 1 is 1.42 bits per heavy atom. The number of amides is 1. The summed E-state index contributed by atoms with van der Waals surface area (Å²) in [4.78, 5) is 26.5. The Hall–Kier alpha value is -1.41. The van der Waals surface area contributed by atoms with Crippen LogP contribution in [-0.4, -0.2) is 51.6 Å². The van der Waals surface area contributed by atoms with Crippen molar-refractivity contribution in [1.82, 2.24) is 14.7 Å². The first-order valence-electron chi connectivity index (χ1n) is 9.08. The second-order valence-corrected chi connectivity index (χ2v) is 9.03. The van der Waals surface area contributed by atoms with Crippen LogP contribution in [0.4, 0.5) is 4.39 Å². The van der Waals surface area contributed by atoms with Gasteiger partial charge in [-0.05, 0) is 25.3 Å². The molecule has 0 aromatic carbocycles. The number of hydrogen-bond acceptors (Lipinski definition) is 5. The molecule has 146 valence electrons. The summed E-state index contributed by atoms with van der Waals surface area (Å²) in [5, 5.41) is 3.75. The van der Waals surface area contributed by atoms with Gasteiger partial charge in [0.2, 0.25) is 0 Å². The maximum absolute atomic E-state index is 12.9. The Morgan fingerprint density at radius 3 is 2.62 bits per heavy atom. The first-order chi connectivity index (χ1) is 12.2. The molecule has 1 aromatic heterocycles. The Bertz CT molecular complexity index is 688. The number of carbonyl (C=O) groups excluding carboxylic acids is 1. The van der Waals surface area contributed by atoms with Crippen molar-refractivity contribution in [2.24, 2.45) is 11.7 Å². The van der Waals surface area contributed by atoms with E-state index in [2.05, 4.69) is 18.9 Å². The van der Waals surface area contributed by atoms with E-state index in [0.29, 0.717) is 43.2 Å². The van der Waals surface area contributed by atoms with Crippen molar-refractivity contribution in [3.63, 3.8) is 0 Å². The van der Waals surface area contributed by atoms with Gasteiger partial charge in [0, 0.05) is 36.9 Å². The van der Waals surface area contributed by atoms with Crippen LogP contribution in [0.2, 0.25) is 0 Å². The molecule has 2 heterocycles. The second-order valence-electron chi connectivity index (χ2n) is 7.51. The minimum Gasteiger partial charge on any atom is -0.367 e. The molecule has 0 saturated carbocycles. The maximum Gasteiger partial charge on any atom is 0.271 e. The van der Waals surface area contributed by atoms with Gasteiger partial charge in [-0.15, -0.1) is 11.8 Å². The summed E-state index contributed by atoms with van der Waals surface area (Å²) in [6.07, 6.45) is 0.781. The fraction of sp³-hybridized carbons (Fsp3) is 0.722. The summed E-state index contributed by atoms with van der Waals surface area (Å²) in [6, 6.07) is 1.74. The zero-order chi connectivity index (χ0) is 19.4. The van der Waals surface area contributed by atoms with Crippen LogP contribution in [0.25, 0.3) is 0 Å². The summed E-state index contributed by atoms with van der Waals surface area (Å²) in [7, 11) is 0. The van der Waals surface area contributed by atoms with Gasteiger partial charge >= 0.3 is 0 Å². The van der Waals surface area contributed by atoms with Crippen molar-refractivity contribution in [2.45, 2.75) is 57.3 Å². The molecule has 1 saturated heterocycles. The lowest BCUT2D eigenvalue weighted by atomic mass is 10.1. The van der Waals surface area contributed by atoms with E-state index >= 15 is 0 Å². The summed E-state index contributed by atoms with van der Waals surface area (Å²) >= 11 is 1.37. The predicted molar refractivity (Wildman–Crippen MR) is 103 cm³/mol. The van der Waals surface area contributed by atoms with Crippen LogP contribution >= 0.6 is 11.8 Å². The lowest BCUT2D eigenvalue weighted by Crippen LogP contribution is -2.49. The Balaban J connectivity index is 2.17. The van der Waals surface area contributed by atoms with Gasteiger partial charge < -0.3 is 5.73 Å². The van der Waals surface area contributed by atoms with E-state index in [1.54, 1.807) is 13.0 Å². The lowest BCUT2D eigenvalue weighted by Gasteiger charge is -2.34. The van der Waals surface area contributed by atoms with Crippen LogP contribution in [0.1, 0.15) is 43.8 Å². The largest absolute Gasteiger partial charge is 0.367 e. The van der Waals surface area contributed by atoms with Crippen molar-refractivity contribution < 1.29 is 9.18 Å². The molecule has 8 heteroatoms. The maximum atomic E-state index is 12.9. The average molecular weight is 385 g/mol. The van der Waals surface area contributed by atoms with E-state index < -0.39 is 17.5 Å². The molecule has 6 nitrogen and oxygen atoms in total. The highest BCUT2D eigenvalue weighted by Gasteiger charge is 2.27. The third-order valence-corrected chi connectivity index (χ3v) is 5.74. The predicted octanol–water partition coefficient (Wildman–Crippen LogP) is 1.90. The first-order valence-corrected chi connectivity index (χ1v) is 10.0. The van der Waals surface area contributed by atoms with E-state index in [0.717, 1.165) is 6.42 Å². The normalized spacial score (nSPS) is 17.9. The Morgan fingerprint density at radius 2 is 2.08 bits per heavy atom. The number of likely N-dealkylation sites (tertiary alicyclic amines) is 1. The molecule has 1 aromatic rings. The molecule has 0 aliphatic carbocycles. The molecular formula is C18H29FN4O2S. The minimum atomic E-state index is -0.825. The fourth-order valence-corrected chi connectivity index (χ4v) is 4.46. The number of aromatic nitrogens is 2. The highest BCUT2D eigenvalue weighted by atomic mass is 32.2. The molecule has 2 unspecified atom stereocenters. The third-order valence-electron chi connectivity index (χ3n) is 4.39. The van der Waals surface area contributed by atoms with Gasteiger partial charge in [-0.3, -0.25) is 14.5 Å². The van der Waals surface area contributed by atoms with Crippen molar-refractivity contribution in [1.29, 1.82) is 0 Å². The van der Waals surface area contributed by atoms with Gasteiger partial charge in [0.15, 0.2) is 5.37 Å². The molecule has 2 atom stereocenters. The van der Waals surface area contributed by atoms with E-state index in [-0.39, 0.29) is 10.8 Å². The van der Waals surface area contributed by atoms with Crippen molar-refractivity contribution in [3.8, 4) is 0 Å². The smallest absolute Gasteiger partial charge is 0.271 e. The molecule has 0 bridgehead atoms. The summed E-state index contributed by atoms with van der Waals surface area (Å²) in [5.74, 6) is -0.0839. The fourth-order valence-electron chi connectivity index (χ4n) is 3.13. The SMILES string of the molecule is Cc1cc(CCN2CC(F)C2)nn(C(SC(C)CC(C)C)C(N)=O)c1=O. The zero-order valence-corrected chi connectivity index (χ0v) is 16.8. The van der Waals surface area contributed by atoms with Crippen LogP contribution < -0.4 is 11.3 Å². The second kappa shape index (κ2) is 8.99. The van der Waals surface area contributed by atoms with Crippen molar-refractivity contribution in [2.75, 3.05) is 19.6 Å². The van der Waals surface area contributed by atoms with Gasteiger partial charge in [0.25, 0.3) is 11.5 Å². The van der Waals surface area contributed by atoms with E-state index in [9.17, 15) is 14.0 Å². The molecule has 1 aliphatic rings. The molecule has 2 rings (SSSR count). The van der Waals surface area contributed by atoms with Gasteiger partial charge in [-0.1, -0.05) is 20.8 Å². The molecule has 0 spiro atoms. The van der Waals surface area contributed by atoms with Crippen LogP contribution in [0.15, 0.2) is 10.9 Å². The van der Waals surface area contributed by atoms with Gasteiger partial charge in [0.1, 0.15) is 6.17 Å². The Labute approximate surface area is 158 Å². The molecule has 1 amide bonds. The number of carbonyl (C=O) groups is 1. The van der Waals surface area contributed by atoms with Crippen molar-refractivity contribution in [3.05, 3.63) is 27.7 Å². The number of nitrogens with zero attached hydrogens (tertiary/aromatic N) is 3. The van der Waals surface area contributed by atoms with Crippen molar-refractivity contribution >= 4 is 17.7 Å². The molecule has 2 N–H and O–H groups in total. The summed E-state index contributed by atoms with van der Waals surface area (Å²) in [5.41, 5.74) is 6.53. The zero-order valence-electron chi connectivity index (χ0n) is 15.9. The number of thioether (sulfide) groups is 1.